The van der Waals surface area contributed by atoms with Crippen molar-refractivity contribution in [2.45, 2.75) is 51.2 Å². The fourth-order valence-electron chi connectivity index (χ4n) is 3.90. The largest absolute Gasteiger partial charge is 0.453 e. The van der Waals surface area contributed by atoms with Crippen LogP contribution in [0, 0.1) is 11.7 Å². The molecule has 1 saturated heterocycles. The molecule has 0 aromatic heterocycles. The van der Waals surface area contributed by atoms with Gasteiger partial charge in [-0.05, 0) is 49.9 Å². The molecule has 1 aliphatic carbocycles. The SMILES string of the molecule is C[C@H](OC(=O)CN1C(=O)N[C@]2(CCCC[C@@H]2C)C1=O)C(=O)c1ccc(F)cc1. The van der Waals surface area contributed by atoms with Gasteiger partial charge in [0.1, 0.15) is 17.9 Å². The van der Waals surface area contributed by atoms with Crippen molar-refractivity contribution < 1.29 is 28.3 Å². The summed E-state index contributed by atoms with van der Waals surface area (Å²) in [5.74, 6) is -2.27. The molecule has 1 aromatic carbocycles. The van der Waals surface area contributed by atoms with Crippen LogP contribution in [0.25, 0.3) is 0 Å². The van der Waals surface area contributed by atoms with E-state index in [-0.39, 0.29) is 11.5 Å². The van der Waals surface area contributed by atoms with Crippen molar-refractivity contribution in [3.8, 4) is 0 Å². The Morgan fingerprint density at radius 3 is 2.61 bits per heavy atom. The van der Waals surface area contributed by atoms with E-state index in [2.05, 4.69) is 5.32 Å². The zero-order chi connectivity index (χ0) is 20.5. The van der Waals surface area contributed by atoms with Gasteiger partial charge in [-0.1, -0.05) is 19.8 Å². The van der Waals surface area contributed by atoms with Crippen molar-refractivity contribution in [2.75, 3.05) is 6.54 Å². The minimum absolute atomic E-state index is 0.0160. The number of amides is 3. The first-order valence-corrected chi connectivity index (χ1v) is 9.38. The van der Waals surface area contributed by atoms with Crippen LogP contribution < -0.4 is 5.32 Å². The normalized spacial score (nSPS) is 25.5. The van der Waals surface area contributed by atoms with Gasteiger partial charge in [0.15, 0.2) is 6.10 Å². The molecule has 2 fully saturated rings. The molecule has 150 valence electrons. The number of ether oxygens (including phenoxy) is 1. The third-order valence-electron chi connectivity index (χ3n) is 5.59. The Morgan fingerprint density at radius 1 is 1.29 bits per heavy atom. The summed E-state index contributed by atoms with van der Waals surface area (Å²) in [6, 6.07) is 4.26. The second kappa shape index (κ2) is 7.69. The van der Waals surface area contributed by atoms with E-state index in [0.29, 0.717) is 6.42 Å². The van der Waals surface area contributed by atoms with Crippen LogP contribution >= 0.6 is 0 Å². The summed E-state index contributed by atoms with van der Waals surface area (Å²) < 4.78 is 18.1. The summed E-state index contributed by atoms with van der Waals surface area (Å²) in [5.41, 5.74) is -0.753. The van der Waals surface area contributed by atoms with E-state index in [4.69, 9.17) is 4.74 Å². The Kier molecular flexibility index (Phi) is 5.49. The van der Waals surface area contributed by atoms with Gasteiger partial charge in [-0.2, -0.15) is 0 Å². The van der Waals surface area contributed by atoms with Gasteiger partial charge in [-0.3, -0.25) is 19.3 Å². The molecule has 8 heteroatoms. The van der Waals surface area contributed by atoms with Crippen LogP contribution in [-0.2, 0) is 14.3 Å². The van der Waals surface area contributed by atoms with Crippen LogP contribution in [0.5, 0.6) is 0 Å². The number of ketones is 1. The number of carbonyl (C=O) groups excluding carboxylic acids is 4. The van der Waals surface area contributed by atoms with E-state index < -0.39 is 47.7 Å². The monoisotopic (exact) mass is 390 g/mol. The van der Waals surface area contributed by atoms with Crippen LogP contribution in [0.1, 0.15) is 49.9 Å². The summed E-state index contributed by atoms with van der Waals surface area (Å²) in [6.45, 7) is 2.75. The van der Waals surface area contributed by atoms with Crippen LogP contribution in [0.4, 0.5) is 9.18 Å². The lowest BCUT2D eigenvalue weighted by Crippen LogP contribution is -2.54. The fraction of sp³-hybridized carbons (Fsp3) is 0.500. The van der Waals surface area contributed by atoms with Gasteiger partial charge in [0.05, 0.1) is 0 Å². The second-order valence-electron chi connectivity index (χ2n) is 7.44. The molecule has 0 bridgehead atoms. The highest BCUT2D eigenvalue weighted by Gasteiger charge is 2.55. The van der Waals surface area contributed by atoms with E-state index in [1.807, 2.05) is 6.92 Å². The van der Waals surface area contributed by atoms with Crippen molar-refractivity contribution >= 4 is 23.7 Å². The first kappa shape index (κ1) is 20.0. The van der Waals surface area contributed by atoms with Crippen LogP contribution in [0.3, 0.4) is 0 Å². The lowest BCUT2D eigenvalue weighted by atomic mass is 9.73. The molecule has 3 rings (SSSR count). The smallest absolute Gasteiger partial charge is 0.326 e. The number of hydrogen-bond acceptors (Lipinski definition) is 5. The molecule has 1 aliphatic heterocycles. The lowest BCUT2D eigenvalue weighted by Gasteiger charge is -2.36. The maximum absolute atomic E-state index is 13.0. The first-order chi connectivity index (χ1) is 13.2. The van der Waals surface area contributed by atoms with Gasteiger partial charge in [0.25, 0.3) is 5.91 Å². The molecule has 28 heavy (non-hydrogen) atoms. The van der Waals surface area contributed by atoms with Crippen LogP contribution in [0.2, 0.25) is 0 Å². The Labute approximate surface area is 162 Å². The highest BCUT2D eigenvalue weighted by atomic mass is 19.1. The minimum Gasteiger partial charge on any atom is -0.453 e. The highest BCUT2D eigenvalue weighted by molar-refractivity contribution is 6.09. The molecule has 0 radical (unpaired) electrons. The van der Waals surface area contributed by atoms with E-state index in [1.165, 1.54) is 19.1 Å². The molecule has 1 heterocycles. The molecule has 2 aliphatic rings. The number of halogens is 1. The quantitative estimate of drug-likeness (QED) is 0.474. The predicted molar refractivity (Wildman–Crippen MR) is 96.9 cm³/mol. The molecule has 1 N–H and O–H groups in total. The molecule has 1 saturated carbocycles. The molecule has 3 atom stereocenters. The molecular weight excluding hydrogens is 367 g/mol. The zero-order valence-electron chi connectivity index (χ0n) is 15.9. The fourth-order valence-corrected chi connectivity index (χ4v) is 3.90. The minimum atomic E-state index is -1.12. The summed E-state index contributed by atoms with van der Waals surface area (Å²) in [5, 5.41) is 2.76. The maximum atomic E-state index is 13.0. The number of nitrogens with zero attached hydrogens (tertiary/aromatic N) is 1. The first-order valence-electron chi connectivity index (χ1n) is 9.38. The van der Waals surface area contributed by atoms with Crippen molar-refractivity contribution in [1.82, 2.24) is 10.2 Å². The van der Waals surface area contributed by atoms with Crippen molar-refractivity contribution in [3.05, 3.63) is 35.6 Å². The number of nitrogens with one attached hydrogen (secondary N) is 1. The Bertz CT molecular complexity index is 809. The topological polar surface area (TPSA) is 92.8 Å². The number of carbonyl (C=O) groups is 4. The van der Waals surface area contributed by atoms with E-state index >= 15 is 0 Å². The Hall–Kier alpha value is -2.77. The summed E-state index contributed by atoms with van der Waals surface area (Å²) >= 11 is 0. The van der Waals surface area contributed by atoms with Crippen LogP contribution in [-0.4, -0.2) is 46.8 Å². The highest BCUT2D eigenvalue weighted by Crippen LogP contribution is 2.38. The number of Topliss-reactive ketones (excluding diaryl/α,β-unsaturated/α-hetero) is 1. The standard InChI is InChI=1S/C20H23FN2O5/c1-12-5-3-4-10-20(12)18(26)23(19(27)22-20)11-16(24)28-13(2)17(25)14-6-8-15(21)9-7-14/h6-9,12-13H,3-5,10-11H2,1-2H3,(H,22,27)/t12-,13-,20-/m0/s1. The Morgan fingerprint density at radius 2 is 1.96 bits per heavy atom. The predicted octanol–water partition coefficient (Wildman–Crippen LogP) is 2.44. The summed E-state index contributed by atoms with van der Waals surface area (Å²) in [7, 11) is 0. The van der Waals surface area contributed by atoms with Gasteiger partial charge in [-0.15, -0.1) is 0 Å². The molecule has 1 aromatic rings. The lowest BCUT2D eigenvalue weighted by molar-refractivity contribution is -0.150. The molecule has 7 nitrogen and oxygen atoms in total. The number of esters is 1. The van der Waals surface area contributed by atoms with Gasteiger partial charge >= 0.3 is 12.0 Å². The second-order valence-corrected chi connectivity index (χ2v) is 7.44. The number of benzene rings is 1. The number of rotatable bonds is 5. The molecule has 3 amide bonds. The third-order valence-corrected chi connectivity index (χ3v) is 5.59. The van der Waals surface area contributed by atoms with E-state index in [0.717, 1.165) is 36.3 Å². The van der Waals surface area contributed by atoms with Crippen molar-refractivity contribution in [1.29, 1.82) is 0 Å². The number of hydrogen-bond donors (Lipinski definition) is 1. The van der Waals surface area contributed by atoms with Crippen LogP contribution in [0.15, 0.2) is 24.3 Å². The number of imide groups is 1. The average Bonchev–Trinajstić information content (AvgIpc) is 2.89. The van der Waals surface area contributed by atoms with Crippen molar-refractivity contribution in [3.63, 3.8) is 0 Å². The van der Waals surface area contributed by atoms with Crippen molar-refractivity contribution in [2.24, 2.45) is 5.92 Å². The Balaban J connectivity index is 1.62. The molecular formula is C20H23FN2O5. The van der Waals surface area contributed by atoms with E-state index in [1.54, 1.807) is 0 Å². The molecule has 0 unspecified atom stereocenters. The maximum Gasteiger partial charge on any atom is 0.326 e. The van der Waals surface area contributed by atoms with Gasteiger partial charge in [0, 0.05) is 5.56 Å². The summed E-state index contributed by atoms with van der Waals surface area (Å²) in [4.78, 5) is 50.5. The molecule has 1 spiro atoms. The van der Waals surface area contributed by atoms with E-state index in [9.17, 15) is 23.6 Å². The van der Waals surface area contributed by atoms with Gasteiger partial charge in [-0.25, -0.2) is 9.18 Å². The van der Waals surface area contributed by atoms with Gasteiger partial charge < -0.3 is 10.1 Å². The number of urea groups is 1. The third kappa shape index (κ3) is 3.63. The zero-order valence-corrected chi connectivity index (χ0v) is 15.9. The van der Waals surface area contributed by atoms with Gasteiger partial charge in [0.2, 0.25) is 5.78 Å². The average molecular weight is 390 g/mol. The summed E-state index contributed by atoms with van der Waals surface area (Å²) in [6.07, 6.45) is 2.08.